The number of aromatic nitrogens is 6. The standard InChI is InChI=1S/C23H21N7O/c1-29-13-18(11-24-29)16-5-3-15(4-6-16)9-22-20-10-17(7-8-21(20)27-28-22)23(31)26-19-12-25-30(2)14-19/h3-8,10-14H,9H2,1-2H3,(H,26,31)(H,27,28). The first kappa shape index (κ1) is 18.8. The SMILES string of the molecule is Cn1cc(NC(=O)c2ccc3n[nH]c(Cc4ccc(-c5cnn(C)c5)cc4)c3c2)cn1. The minimum Gasteiger partial charge on any atom is -0.319 e. The Labute approximate surface area is 178 Å². The Hall–Kier alpha value is -4.20. The van der Waals surface area contributed by atoms with E-state index in [1.165, 1.54) is 0 Å². The van der Waals surface area contributed by atoms with Gasteiger partial charge in [-0.2, -0.15) is 15.3 Å². The molecule has 8 heteroatoms. The number of carbonyl (C=O) groups is 1. The van der Waals surface area contributed by atoms with Crippen LogP contribution in [0.5, 0.6) is 0 Å². The molecule has 8 nitrogen and oxygen atoms in total. The summed E-state index contributed by atoms with van der Waals surface area (Å²) in [6, 6.07) is 13.9. The number of amides is 1. The molecule has 0 bridgehead atoms. The number of aryl methyl sites for hydroxylation is 2. The molecule has 5 rings (SSSR count). The second-order valence-corrected chi connectivity index (χ2v) is 7.57. The average molecular weight is 411 g/mol. The van der Waals surface area contributed by atoms with Gasteiger partial charge in [-0.3, -0.25) is 19.3 Å². The molecule has 2 aromatic carbocycles. The first-order chi connectivity index (χ1) is 15.0. The Morgan fingerprint density at radius 3 is 2.45 bits per heavy atom. The fourth-order valence-electron chi connectivity index (χ4n) is 3.62. The lowest BCUT2D eigenvalue weighted by Crippen LogP contribution is -2.11. The van der Waals surface area contributed by atoms with Crippen molar-refractivity contribution in [3.8, 4) is 11.1 Å². The van der Waals surface area contributed by atoms with Crippen LogP contribution in [-0.4, -0.2) is 35.7 Å². The van der Waals surface area contributed by atoms with Gasteiger partial charge in [0.05, 0.1) is 23.6 Å². The molecule has 0 aliphatic rings. The lowest BCUT2D eigenvalue weighted by molar-refractivity contribution is 0.102. The third kappa shape index (κ3) is 3.83. The number of rotatable bonds is 5. The molecule has 0 saturated heterocycles. The third-order valence-corrected chi connectivity index (χ3v) is 5.23. The van der Waals surface area contributed by atoms with E-state index >= 15 is 0 Å². The van der Waals surface area contributed by atoms with Gasteiger partial charge in [-0.15, -0.1) is 0 Å². The highest BCUT2D eigenvalue weighted by atomic mass is 16.1. The van der Waals surface area contributed by atoms with E-state index in [4.69, 9.17) is 0 Å². The van der Waals surface area contributed by atoms with E-state index in [2.05, 4.69) is 50.0 Å². The van der Waals surface area contributed by atoms with Crippen molar-refractivity contribution in [2.45, 2.75) is 6.42 Å². The van der Waals surface area contributed by atoms with Crippen LogP contribution < -0.4 is 5.32 Å². The molecule has 0 aliphatic carbocycles. The maximum Gasteiger partial charge on any atom is 0.255 e. The number of hydrogen-bond donors (Lipinski definition) is 2. The molecule has 2 N–H and O–H groups in total. The quantitative estimate of drug-likeness (QED) is 0.463. The number of fused-ring (bicyclic) bond motifs is 1. The van der Waals surface area contributed by atoms with Crippen molar-refractivity contribution in [3.63, 3.8) is 0 Å². The molecule has 0 radical (unpaired) electrons. The first-order valence-electron chi connectivity index (χ1n) is 9.90. The molecule has 31 heavy (non-hydrogen) atoms. The van der Waals surface area contributed by atoms with Gasteiger partial charge in [0.2, 0.25) is 0 Å². The highest BCUT2D eigenvalue weighted by molar-refractivity contribution is 6.06. The second-order valence-electron chi connectivity index (χ2n) is 7.57. The van der Waals surface area contributed by atoms with Gasteiger partial charge in [0.25, 0.3) is 5.91 Å². The minimum atomic E-state index is -0.178. The van der Waals surface area contributed by atoms with Crippen LogP contribution in [0.15, 0.2) is 67.3 Å². The van der Waals surface area contributed by atoms with Gasteiger partial charge >= 0.3 is 0 Å². The monoisotopic (exact) mass is 411 g/mol. The molecule has 0 saturated carbocycles. The first-order valence-corrected chi connectivity index (χ1v) is 9.90. The van der Waals surface area contributed by atoms with Crippen LogP contribution in [0, 0.1) is 0 Å². The van der Waals surface area contributed by atoms with Crippen LogP contribution in [0.2, 0.25) is 0 Å². The average Bonchev–Trinajstić information content (AvgIpc) is 3.49. The molecule has 5 aromatic rings. The van der Waals surface area contributed by atoms with Crippen molar-refractivity contribution in [1.82, 2.24) is 29.8 Å². The van der Waals surface area contributed by atoms with E-state index in [1.54, 1.807) is 27.8 Å². The summed E-state index contributed by atoms with van der Waals surface area (Å²) in [5.74, 6) is -0.178. The molecular weight excluding hydrogens is 390 g/mol. The van der Waals surface area contributed by atoms with Gasteiger partial charge in [-0.25, -0.2) is 0 Å². The summed E-state index contributed by atoms with van der Waals surface area (Å²) < 4.78 is 3.44. The van der Waals surface area contributed by atoms with Crippen LogP contribution in [-0.2, 0) is 20.5 Å². The van der Waals surface area contributed by atoms with Crippen LogP contribution in [0.1, 0.15) is 21.6 Å². The van der Waals surface area contributed by atoms with Crippen molar-refractivity contribution in [2.24, 2.45) is 14.1 Å². The van der Waals surface area contributed by atoms with Crippen LogP contribution in [0.4, 0.5) is 5.69 Å². The summed E-state index contributed by atoms with van der Waals surface area (Å²) in [6.07, 6.45) is 7.92. The molecule has 0 spiro atoms. The predicted molar refractivity (Wildman–Crippen MR) is 119 cm³/mol. The topological polar surface area (TPSA) is 93.4 Å². The van der Waals surface area contributed by atoms with Gasteiger partial charge in [-0.05, 0) is 29.3 Å². The van der Waals surface area contributed by atoms with E-state index in [-0.39, 0.29) is 5.91 Å². The molecular formula is C23H21N7O. The Morgan fingerprint density at radius 2 is 1.74 bits per heavy atom. The number of carbonyl (C=O) groups excluding carboxylic acids is 1. The summed E-state index contributed by atoms with van der Waals surface area (Å²) in [6.45, 7) is 0. The summed E-state index contributed by atoms with van der Waals surface area (Å²) in [4.78, 5) is 12.6. The number of anilines is 1. The zero-order valence-corrected chi connectivity index (χ0v) is 17.2. The normalized spacial score (nSPS) is 11.2. The fraction of sp³-hybridized carbons (Fsp3) is 0.130. The molecule has 3 aromatic heterocycles. The van der Waals surface area contributed by atoms with Crippen LogP contribution in [0.3, 0.4) is 0 Å². The van der Waals surface area contributed by atoms with Gasteiger partial charge in [0, 0.05) is 55.1 Å². The number of nitrogens with zero attached hydrogens (tertiary/aromatic N) is 5. The van der Waals surface area contributed by atoms with Crippen molar-refractivity contribution in [1.29, 1.82) is 0 Å². The lowest BCUT2D eigenvalue weighted by Gasteiger charge is -2.05. The molecule has 154 valence electrons. The van der Waals surface area contributed by atoms with Crippen molar-refractivity contribution in [2.75, 3.05) is 5.32 Å². The van der Waals surface area contributed by atoms with Crippen molar-refractivity contribution < 1.29 is 4.79 Å². The van der Waals surface area contributed by atoms with Crippen LogP contribution >= 0.6 is 0 Å². The van der Waals surface area contributed by atoms with Crippen LogP contribution in [0.25, 0.3) is 22.0 Å². The number of H-pyrrole nitrogens is 1. The Kier molecular flexibility index (Phi) is 4.59. The highest BCUT2D eigenvalue weighted by Crippen LogP contribution is 2.23. The lowest BCUT2D eigenvalue weighted by atomic mass is 10.0. The van der Waals surface area contributed by atoms with Crippen molar-refractivity contribution >= 4 is 22.5 Å². The summed E-state index contributed by atoms with van der Waals surface area (Å²) in [5.41, 5.74) is 6.41. The Bertz CT molecular complexity index is 1370. The van der Waals surface area contributed by atoms with E-state index in [0.717, 1.165) is 33.3 Å². The third-order valence-electron chi connectivity index (χ3n) is 5.23. The second kappa shape index (κ2) is 7.56. The van der Waals surface area contributed by atoms with Gasteiger partial charge < -0.3 is 5.32 Å². The largest absolute Gasteiger partial charge is 0.319 e. The van der Waals surface area contributed by atoms with E-state index < -0.39 is 0 Å². The zero-order valence-electron chi connectivity index (χ0n) is 17.2. The van der Waals surface area contributed by atoms with Gasteiger partial charge in [0.1, 0.15) is 0 Å². The number of benzene rings is 2. The van der Waals surface area contributed by atoms with E-state index in [0.29, 0.717) is 17.7 Å². The number of aromatic amines is 1. The maximum atomic E-state index is 12.6. The highest BCUT2D eigenvalue weighted by Gasteiger charge is 2.12. The minimum absolute atomic E-state index is 0.178. The summed E-state index contributed by atoms with van der Waals surface area (Å²) in [5, 5.41) is 19.6. The molecule has 0 aliphatic heterocycles. The number of nitrogens with one attached hydrogen (secondary N) is 2. The Morgan fingerprint density at radius 1 is 0.968 bits per heavy atom. The van der Waals surface area contributed by atoms with E-state index in [1.807, 2.05) is 38.6 Å². The zero-order chi connectivity index (χ0) is 21.4. The molecule has 0 atom stereocenters. The van der Waals surface area contributed by atoms with Gasteiger partial charge in [-0.1, -0.05) is 24.3 Å². The Balaban J connectivity index is 1.37. The molecule has 0 fully saturated rings. The van der Waals surface area contributed by atoms with Gasteiger partial charge in [0.15, 0.2) is 0 Å². The molecule has 3 heterocycles. The predicted octanol–water partition coefficient (Wildman–Crippen LogP) is 3.54. The summed E-state index contributed by atoms with van der Waals surface area (Å²) in [7, 11) is 3.72. The molecule has 1 amide bonds. The molecule has 0 unspecified atom stereocenters. The summed E-state index contributed by atoms with van der Waals surface area (Å²) >= 11 is 0. The fourth-order valence-corrected chi connectivity index (χ4v) is 3.62. The smallest absolute Gasteiger partial charge is 0.255 e. The number of hydrogen-bond acceptors (Lipinski definition) is 4. The van der Waals surface area contributed by atoms with Crippen molar-refractivity contribution in [3.05, 3.63) is 84.1 Å². The van der Waals surface area contributed by atoms with E-state index in [9.17, 15) is 4.79 Å². The maximum absolute atomic E-state index is 12.6.